The molecule has 0 aromatic rings. The highest BCUT2D eigenvalue weighted by Crippen LogP contribution is 2.58. The van der Waals surface area contributed by atoms with Crippen molar-refractivity contribution in [2.75, 3.05) is 0 Å². The van der Waals surface area contributed by atoms with Crippen LogP contribution >= 0.6 is 69.6 Å². The van der Waals surface area contributed by atoms with Crippen LogP contribution < -0.4 is 0 Å². The van der Waals surface area contributed by atoms with Crippen LogP contribution in [0.3, 0.4) is 0 Å². The molecule has 0 saturated carbocycles. The maximum atomic E-state index is 10.8. The van der Waals surface area contributed by atoms with E-state index in [9.17, 15) is 10.1 Å². The molecule has 0 aromatic carbocycles. The minimum atomic E-state index is -2.31. The van der Waals surface area contributed by atoms with Crippen LogP contribution in [-0.4, -0.2) is 24.0 Å². The van der Waals surface area contributed by atoms with Crippen LogP contribution in [0.1, 0.15) is 0 Å². The van der Waals surface area contributed by atoms with Crippen LogP contribution in [0.5, 0.6) is 0 Å². The maximum absolute atomic E-state index is 10.8. The summed E-state index contributed by atoms with van der Waals surface area (Å²) < 4.78 is -4.23. The monoisotopic (exact) mass is 331 g/mol. The number of alkyl halides is 6. The van der Waals surface area contributed by atoms with E-state index in [0.717, 1.165) is 6.08 Å². The van der Waals surface area contributed by atoms with Crippen LogP contribution in [0.4, 0.5) is 0 Å². The van der Waals surface area contributed by atoms with E-state index in [0.29, 0.717) is 0 Å². The van der Waals surface area contributed by atoms with Gasteiger partial charge < -0.3 is 0 Å². The van der Waals surface area contributed by atoms with Gasteiger partial charge in [0.25, 0.3) is 0 Å². The van der Waals surface area contributed by atoms with Crippen molar-refractivity contribution in [2.45, 2.75) is 19.0 Å². The number of rotatable bonds is 1. The Labute approximate surface area is 115 Å². The number of allylic oxidation sites excluding steroid dienone is 1. The molecule has 2 atom stereocenters. The summed E-state index contributed by atoms with van der Waals surface area (Å²) in [6.07, 6.45) is 2.15. The molecule has 2 unspecified atom stereocenters. The number of nitro groups is 1. The van der Waals surface area contributed by atoms with Gasteiger partial charge in [-0.2, -0.15) is 0 Å². The van der Waals surface area contributed by atoms with E-state index in [1.54, 1.807) is 0 Å². The molecular formula is C6H3Cl6NO2. The van der Waals surface area contributed by atoms with Gasteiger partial charge in [0.2, 0.25) is 4.33 Å². The number of hydrogen-bond donors (Lipinski definition) is 0. The van der Waals surface area contributed by atoms with Gasteiger partial charge in [0, 0.05) is 6.08 Å². The largest absolute Gasteiger partial charge is 0.349 e. The molecule has 9 heteroatoms. The highest BCUT2D eigenvalue weighted by atomic mass is 35.5. The van der Waals surface area contributed by atoms with E-state index in [2.05, 4.69) is 0 Å². The quantitative estimate of drug-likeness (QED) is 0.241. The second kappa shape index (κ2) is 3.97. The topological polar surface area (TPSA) is 43.1 Å². The second-order valence-corrected chi connectivity index (χ2v) is 6.65. The molecule has 0 aromatic heterocycles. The third-order valence-electron chi connectivity index (χ3n) is 1.96. The second-order valence-electron chi connectivity index (χ2n) is 2.89. The molecule has 0 bridgehead atoms. The van der Waals surface area contributed by atoms with Crippen molar-refractivity contribution in [1.82, 2.24) is 0 Å². The van der Waals surface area contributed by atoms with E-state index >= 15 is 0 Å². The van der Waals surface area contributed by atoms with Crippen LogP contribution in [0.2, 0.25) is 0 Å². The van der Waals surface area contributed by atoms with Gasteiger partial charge in [0.05, 0.1) is 10.3 Å². The molecular weight excluding hydrogens is 331 g/mol. The fourth-order valence-electron chi connectivity index (χ4n) is 1.02. The first-order valence-electron chi connectivity index (χ1n) is 3.50. The average Bonchev–Trinajstić information content (AvgIpc) is 2.10. The number of halogens is 6. The van der Waals surface area contributed by atoms with Gasteiger partial charge in [0.15, 0.2) is 4.33 Å². The summed E-state index contributed by atoms with van der Waals surface area (Å²) in [5, 5.41) is 9.80. The van der Waals surface area contributed by atoms with Crippen molar-refractivity contribution in [3.05, 3.63) is 22.3 Å². The SMILES string of the molecule is O=[N+]([O-])C1(Cl)C=CC(Cl)C(Cl)(Cl)C1(Cl)Cl. The molecule has 15 heavy (non-hydrogen) atoms. The molecule has 1 aliphatic carbocycles. The van der Waals surface area contributed by atoms with Crippen LogP contribution in [-0.2, 0) is 0 Å². The lowest BCUT2D eigenvalue weighted by molar-refractivity contribution is -0.531. The Kier molecular flexibility index (Phi) is 3.69. The normalized spacial score (nSPS) is 37.6. The van der Waals surface area contributed by atoms with Crippen molar-refractivity contribution >= 4 is 69.6 Å². The van der Waals surface area contributed by atoms with Crippen molar-refractivity contribution in [1.29, 1.82) is 0 Å². The van der Waals surface area contributed by atoms with E-state index in [1.165, 1.54) is 6.08 Å². The molecule has 0 amide bonds. The van der Waals surface area contributed by atoms with E-state index in [1.807, 2.05) is 0 Å². The lowest BCUT2D eigenvalue weighted by Gasteiger charge is -2.41. The van der Waals surface area contributed by atoms with Gasteiger partial charge >= 0.3 is 5.00 Å². The lowest BCUT2D eigenvalue weighted by Crippen LogP contribution is -2.61. The summed E-state index contributed by atoms with van der Waals surface area (Å²) in [5.74, 6) is 0. The van der Waals surface area contributed by atoms with Crippen molar-refractivity contribution in [3.8, 4) is 0 Å². The Morgan fingerprint density at radius 2 is 1.67 bits per heavy atom. The first-order valence-corrected chi connectivity index (χ1v) is 5.82. The number of hydrogen-bond acceptors (Lipinski definition) is 2. The van der Waals surface area contributed by atoms with Gasteiger partial charge in [-0.25, -0.2) is 0 Å². The summed E-state index contributed by atoms with van der Waals surface area (Å²) in [4.78, 5) is 7.58. The Balaban J connectivity index is 3.37. The fraction of sp³-hybridized carbons (Fsp3) is 0.667. The predicted octanol–water partition coefficient (Wildman–Crippen LogP) is 3.72. The third-order valence-corrected chi connectivity index (χ3v) is 5.99. The highest BCUT2D eigenvalue weighted by molar-refractivity contribution is 6.67. The summed E-state index contributed by atoms with van der Waals surface area (Å²) in [6.45, 7) is 0. The Morgan fingerprint density at radius 3 is 2.07 bits per heavy atom. The van der Waals surface area contributed by atoms with Crippen molar-refractivity contribution < 1.29 is 4.92 Å². The van der Waals surface area contributed by atoms with E-state index in [4.69, 9.17) is 69.6 Å². The summed E-state index contributed by atoms with van der Waals surface area (Å²) in [6, 6.07) is 0. The molecule has 0 N–H and O–H groups in total. The molecule has 0 spiro atoms. The van der Waals surface area contributed by atoms with Gasteiger partial charge in [-0.3, -0.25) is 10.1 Å². The minimum absolute atomic E-state index is 0.882. The molecule has 0 heterocycles. The first kappa shape index (κ1) is 13.9. The van der Waals surface area contributed by atoms with Gasteiger partial charge in [-0.15, -0.1) is 11.6 Å². The third kappa shape index (κ3) is 1.81. The fourth-order valence-corrected chi connectivity index (χ4v) is 2.62. The average molecular weight is 334 g/mol. The zero-order valence-electron chi connectivity index (χ0n) is 6.76. The van der Waals surface area contributed by atoms with Gasteiger partial charge in [0.1, 0.15) is 0 Å². The molecule has 0 fully saturated rings. The lowest BCUT2D eigenvalue weighted by atomic mass is 10.00. The van der Waals surface area contributed by atoms with Crippen LogP contribution in [0.25, 0.3) is 0 Å². The van der Waals surface area contributed by atoms with Gasteiger partial charge in [-0.1, -0.05) is 52.5 Å². The highest BCUT2D eigenvalue weighted by Gasteiger charge is 2.71. The summed E-state index contributed by atoms with van der Waals surface area (Å²) >= 11 is 34.4. The maximum Gasteiger partial charge on any atom is 0.349 e. The zero-order chi connectivity index (χ0) is 12.1. The number of nitrogens with zero attached hydrogens (tertiary/aromatic N) is 1. The molecule has 0 saturated heterocycles. The van der Waals surface area contributed by atoms with Crippen LogP contribution in [0, 0.1) is 10.1 Å². The standard InChI is InChI=1S/C6H3Cl6NO2/c7-3-1-2-4(8,13(14)15)6(11,12)5(3,9)10/h1-3H. The van der Waals surface area contributed by atoms with E-state index < -0.39 is 24.0 Å². The summed E-state index contributed by atoms with van der Waals surface area (Å²) in [7, 11) is 0. The first-order chi connectivity index (χ1) is 6.57. The molecule has 1 aliphatic rings. The molecule has 0 aliphatic heterocycles. The Morgan fingerprint density at radius 1 is 1.20 bits per heavy atom. The predicted molar refractivity (Wildman–Crippen MR) is 63.2 cm³/mol. The molecule has 86 valence electrons. The Bertz CT molecular complexity index is 330. The molecule has 0 radical (unpaired) electrons. The molecule has 3 nitrogen and oxygen atoms in total. The van der Waals surface area contributed by atoms with Crippen LogP contribution in [0.15, 0.2) is 12.2 Å². The summed E-state index contributed by atoms with van der Waals surface area (Å²) in [5.41, 5.74) is 0. The smallest absolute Gasteiger partial charge is 0.262 e. The molecule has 1 rings (SSSR count). The van der Waals surface area contributed by atoms with E-state index in [-0.39, 0.29) is 0 Å². The van der Waals surface area contributed by atoms with Crippen molar-refractivity contribution in [3.63, 3.8) is 0 Å². The zero-order valence-corrected chi connectivity index (χ0v) is 11.3. The van der Waals surface area contributed by atoms with Gasteiger partial charge in [-0.05, 0) is 11.6 Å². The van der Waals surface area contributed by atoms with Crippen molar-refractivity contribution in [2.24, 2.45) is 0 Å². The Hall–Kier alpha value is 0.880. The minimum Gasteiger partial charge on any atom is -0.262 e.